The molecule has 2 rings (SSSR count). The molecule has 0 radical (unpaired) electrons. The highest BCUT2D eigenvalue weighted by atomic mass is 127. The van der Waals surface area contributed by atoms with E-state index < -0.39 is 0 Å². The van der Waals surface area contributed by atoms with E-state index in [1.165, 1.54) is 7.76 Å². The summed E-state index contributed by atoms with van der Waals surface area (Å²) in [4.78, 5) is 17.5. The van der Waals surface area contributed by atoms with Crippen molar-refractivity contribution in [1.29, 1.82) is 0 Å². The maximum atomic E-state index is 11.5. The lowest BCUT2D eigenvalue weighted by molar-refractivity contribution is -0.122. The molecule has 3 N–H and O–H groups in total. The third-order valence-electron chi connectivity index (χ3n) is 3.27. The lowest BCUT2D eigenvalue weighted by Crippen LogP contribution is -2.41. The number of carbonyl (C=O) groups excluding carboxylic acids is 1. The number of hydrogen-bond donors (Lipinski definition) is 3. The molecule has 1 fully saturated rings. The van der Waals surface area contributed by atoms with Gasteiger partial charge in [-0.3, -0.25) is 9.79 Å². The Bertz CT molecular complexity index is 513. The molecule has 0 aromatic carbocycles. The van der Waals surface area contributed by atoms with Crippen LogP contribution < -0.4 is 16.0 Å². The molecule has 22 heavy (non-hydrogen) atoms. The number of thiophene rings is 1. The van der Waals surface area contributed by atoms with E-state index in [-0.39, 0.29) is 11.8 Å². The Morgan fingerprint density at radius 3 is 2.73 bits per heavy atom. The van der Waals surface area contributed by atoms with Gasteiger partial charge in [0.2, 0.25) is 5.91 Å². The Kier molecular flexibility index (Phi) is 7.44. The summed E-state index contributed by atoms with van der Waals surface area (Å²) in [6.45, 7) is 4.98. The van der Waals surface area contributed by atoms with Crippen LogP contribution in [0.4, 0.5) is 0 Å². The predicted octanol–water partition coefficient (Wildman–Crippen LogP) is 1.98. The van der Waals surface area contributed by atoms with Crippen LogP contribution in [-0.2, 0) is 11.2 Å². The first-order valence-corrected chi connectivity index (χ1v) is 9.62. The number of hydrogen-bond acceptors (Lipinski definition) is 3. The Hall–Kier alpha value is -0.830. The molecule has 122 valence electrons. The zero-order chi connectivity index (χ0) is 15.8. The van der Waals surface area contributed by atoms with Crippen LogP contribution in [0.5, 0.6) is 0 Å². The van der Waals surface area contributed by atoms with Gasteiger partial charge in [0.15, 0.2) is 5.96 Å². The van der Waals surface area contributed by atoms with Gasteiger partial charge < -0.3 is 16.0 Å². The fourth-order valence-corrected chi connectivity index (χ4v) is 3.71. The maximum Gasteiger partial charge on any atom is 0.223 e. The zero-order valence-electron chi connectivity index (χ0n) is 12.8. The first kappa shape index (κ1) is 17.5. The van der Waals surface area contributed by atoms with Gasteiger partial charge in [-0.1, -0.05) is 0 Å². The highest BCUT2D eigenvalue weighted by Gasteiger charge is 2.28. The number of aliphatic imine (C=N–C) groups is 1. The van der Waals surface area contributed by atoms with E-state index in [1.807, 2.05) is 18.3 Å². The van der Waals surface area contributed by atoms with E-state index in [9.17, 15) is 4.79 Å². The van der Waals surface area contributed by atoms with Crippen molar-refractivity contribution >= 4 is 45.8 Å². The second kappa shape index (κ2) is 9.34. The van der Waals surface area contributed by atoms with Gasteiger partial charge in [0.05, 0.1) is 2.88 Å². The standard InChI is InChI=1S/C15H23IN4OS/c1-2-17-15(19-8-7-12-5-6-13(16)22-12)20-10-9-18-14(21)11-3-4-11/h5-6,11H,2-4,7-10H2,1H3,(H,18,21)(H2,17,19,20). The van der Waals surface area contributed by atoms with Crippen LogP contribution >= 0.6 is 33.9 Å². The summed E-state index contributed by atoms with van der Waals surface area (Å²) in [7, 11) is 0. The average Bonchev–Trinajstić information content (AvgIpc) is 3.27. The Morgan fingerprint density at radius 1 is 1.32 bits per heavy atom. The average molecular weight is 434 g/mol. The quantitative estimate of drug-likeness (QED) is 0.254. The molecule has 0 spiro atoms. The van der Waals surface area contributed by atoms with Crippen molar-refractivity contribution in [3.63, 3.8) is 0 Å². The normalized spacial score (nSPS) is 14.7. The Balaban J connectivity index is 1.66. The summed E-state index contributed by atoms with van der Waals surface area (Å²) in [5.41, 5.74) is 0. The van der Waals surface area contributed by atoms with E-state index in [2.05, 4.69) is 55.7 Å². The van der Waals surface area contributed by atoms with Crippen LogP contribution in [-0.4, -0.2) is 38.0 Å². The van der Waals surface area contributed by atoms with Crippen molar-refractivity contribution in [2.75, 3.05) is 26.2 Å². The van der Waals surface area contributed by atoms with Gasteiger partial charge in [-0.2, -0.15) is 0 Å². The summed E-state index contributed by atoms with van der Waals surface area (Å²) >= 11 is 4.15. The van der Waals surface area contributed by atoms with Gasteiger partial charge in [0.25, 0.3) is 0 Å². The highest BCUT2D eigenvalue weighted by Crippen LogP contribution is 2.28. The summed E-state index contributed by atoms with van der Waals surface area (Å²) in [5.74, 6) is 1.28. The van der Waals surface area contributed by atoms with Gasteiger partial charge >= 0.3 is 0 Å². The monoisotopic (exact) mass is 434 g/mol. The largest absolute Gasteiger partial charge is 0.357 e. The molecule has 0 aliphatic heterocycles. The molecule has 1 aliphatic rings. The van der Waals surface area contributed by atoms with Crippen molar-refractivity contribution in [1.82, 2.24) is 16.0 Å². The minimum absolute atomic E-state index is 0.191. The van der Waals surface area contributed by atoms with Gasteiger partial charge in [0.1, 0.15) is 0 Å². The summed E-state index contributed by atoms with van der Waals surface area (Å²) in [6, 6.07) is 4.30. The molecular weight excluding hydrogens is 411 g/mol. The van der Waals surface area contributed by atoms with Crippen molar-refractivity contribution < 1.29 is 4.79 Å². The lowest BCUT2D eigenvalue weighted by Gasteiger charge is -2.11. The molecular formula is C15H23IN4OS. The molecule has 0 bridgehead atoms. The van der Waals surface area contributed by atoms with Crippen LogP contribution in [0.15, 0.2) is 17.1 Å². The molecule has 1 aromatic rings. The number of guanidine groups is 1. The minimum atomic E-state index is 0.191. The molecule has 0 atom stereocenters. The van der Waals surface area contributed by atoms with Gasteiger partial charge in [-0.15, -0.1) is 11.3 Å². The van der Waals surface area contributed by atoms with Gasteiger partial charge in [-0.05, 0) is 54.5 Å². The van der Waals surface area contributed by atoms with Crippen LogP contribution in [0.25, 0.3) is 0 Å². The molecule has 1 heterocycles. The SMILES string of the molecule is CCNC(=NCCc1ccc(I)s1)NCCNC(=O)C1CC1. The van der Waals surface area contributed by atoms with Crippen molar-refractivity contribution in [2.45, 2.75) is 26.2 Å². The number of nitrogens with zero attached hydrogens (tertiary/aromatic N) is 1. The second-order valence-electron chi connectivity index (χ2n) is 5.21. The number of halogens is 1. The van der Waals surface area contributed by atoms with Gasteiger partial charge in [0, 0.05) is 43.4 Å². The molecule has 1 amide bonds. The van der Waals surface area contributed by atoms with Crippen LogP contribution in [0.3, 0.4) is 0 Å². The maximum absolute atomic E-state index is 11.5. The fraction of sp³-hybridized carbons (Fsp3) is 0.600. The van der Waals surface area contributed by atoms with Crippen LogP contribution in [0, 0.1) is 8.80 Å². The first-order chi connectivity index (χ1) is 10.7. The first-order valence-electron chi connectivity index (χ1n) is 7.73. The fourth-order valence-electron chi connectivity index (χ4n) is 1.96. The minimum Gasteiger partial charge on any atom is -0.357 e. The summed E-state index contributed by atoms with van der Waals surface area (Å²) in [6.07, 6.45) is 3.05. The molecule has 0 unspecified atom stereocenters. The molecule has 1 aliphatic carbocycles. The van der Waals surface area contributed by atoms with E-state index in [0.717, 1.165) is 38.3 Å². The van der Waals surface area contributed by atoms with E-state index in [0.29, 0.717) is 13.1 Å². The zero-order valence-corrected chi connectivity index (χ0v) is 15.8. The lowest BCUT2D eigenvalue weighted by atomic mass is 10.3. The third-order valence-corrected chi connectivity index (χ3v) is 5.22. The summed E-state index contributed by atoms with van der Waals surface area (Å²) in [5, 5.41) is 9.42. The van der Waals surface area contributed by atoms with Crippen molar-refractivity contribution in [3.8, 4) is 0 Å². The van der Waals surface area contributed by atoms with Crippen LogP contribution in [0.1, 0.15) is 24.6 Å². The third kappa shape index (κ3) is 6.51. The molecule has 1 saturated carbocycles. The van der Waals surface area contributed by atoms with E-state index in [4.69, 9.17) is 0 Å². The topological polar surface area (TPSA) is 65.5 Å². The van der Waals surface area contributed by atoms with E-state index >= 15 is 0 Å². The number of amides is 1. The molecule has 5 nitrogen and oxygen atoms in total. The highest BCUT2D eigenvalue weighted by molar-refractivity contribution is 14.1. The molecule has 0 saturated heterocycles. The smallest absolute Gasteiger partial charge is 0.223 e. The Labute approximate surface area is 149 Å². The van der Waals surface area contributed by atoms with Gasteiger partial charge in [-0.25, -0.2) is 0 Å². The Morgan fingerprint density at radius 2 is 2.09 bits per heavy atom. The number of carbonyl (C=O) groups is 1. The molecule has 7 heteroatoms. The number of nitrogens with one attached hydrogen (secondary N) is 3. The van der Waals surface area contributed by atoms with Crippen molar-refractivity contribution in [3.05, 3.63) is 19.9 Å². The van der Waals surface area contributed by atoms with Crippen molar-refractivity contribution in [2.24, 2.45) is 10.9 Å². The predicted molar refractivity (Wildman–Crippen MR) is 100 cm³/mol. The summed E-state index contributed by atoms with van der Waals surface area (Å²) < 4.78 is 1.31. The van der Waals surface area contributed by atoms with Crippen LogP contribution in [0.2, 0.25) is 0 Å². The second-order valence-corrected chi connectivity index (χ2v) is 8.27. The van der Waals surface area contributed by atoms with E-state index in [1.54, 1.807) is 0 Å². The molecule has 1 aromatic heterocycles. The number of rotatable bonds is 8.